The van der Waals surface area contributed by atoms with Gasteiger partial charge in [-0.2, -0.15) is 0 Å². The van der Waals surface area contributed by atoms with Crippen LogP contribution in [-0.2, 0) is 6.42 Å². The van der Waals surface area contributed by atoms with Gasteiger partial charge in [0.2, 0.25) is 0 Å². The maximum Gasteiger partial charge on any atom is 0.121 e. The van der Waals surface area contributed by atoms with Crippen LogP contribution in [0.2, 0.25) is 0 Å². The van der Waals surface area contributed by atoms with Crippen LogP contribution in [0.5, 0.6) is 5.75 Å². The van der Waals surface area contributed by atoms with Crippen molar-refractivity contribution in [2.45, 2.75) is 104 Å². The van der Waals surface area contributed by atoms with Gasteiger partial charge in [-0.3, -0.25) is 0 Å². The van der Waals surface area contributed by atoms with Crippen molar-refractivity contribution in [2.24, 2.45) is 0 Å². The molecule has 1 N–H and O–H groups in total. The fraction of sp³-hybridized carbons (Fsp3) is 0.727. The number of hydrogen-bond acceptors (Lipinski definition) is 1. The maximum absolute atomic E-state index is 10.1. The predicted octanol–water partition coefficient (Wildman–Crippen LogP) is 7.25. The lowest BCUT2D eigenvalue weighted by molar-refractivity contribution is 0.461. The van der Waals surface area contributed by atoms with Gasteiger partial charge in [-0.15, -0.1) is 0 Å². The lowest BCUT2D eigenvalue weighted by Gasteiger charge is -2.09. The van der Waals surface area contributed by atoms with E-state index in [1.54, 1.807) is 0 Å². The van der Waals surface area contributed by atoms with Gasteiger partial charge >= 0.3 is 0 Å². The molecular formula is C22H38O. The molecule has 1 aromatic carbocycles. The summed E-state index contributed by atoms with van der Waals surface area (Å²) in [6, 6.07) is 4.20. The average Bonchev–Trinajstić information content (AvgIpc) is 2.52. The fourth-order valence-corrected chi connectivity index (χ4v) is 3.39. The molecule has 0 radical (unpaired) electrons. The highest BCUT2D eigenvalue weighted by Crippen LogP contribution is 2.25. The van der Waals surface area contributed by atoms with E-state index in [2.05, 4.69) is 26.0 Å². The second kappa shape index (κ2) is 12.4. The van der Waals surface area contributed by atoms with Gasteiger partial charge in [0.1, 0.15) is 5.75 Å². The molecule has 1 rings (SSSR count). The molecule has 0 saturated heterocycles. The monoisotopic (exact) mass is 318 g/mol. The number of benzene rings is 1. The second-order valence-corrected chi connectivity index (χ2v) is 7.23. The number of rotatable bonds is 13. The van der Waals surface area contributed by atoms with Crippen LogP contribution in [-0.4, -0.2) is 5.11 Å². The Labute approximate surface area is 144 Å². The Morgan fingerprint density at radius 2 is 1.17 bits per heavy atom. The van der Waals surface area contributed by atoms with Crippen molar-refractivity contribution in [3.8, 4) is 5.75 Å². The highest BCUT2D eigenvalue weighted by atomic mass is 16.3. The summed E-state index contributed by atoms with van der Waals surface area (Å²) in [5.41, 5.74) is 3.41. The van der Waals surface area contributed by atoms with Crippen LogP contribution in [0.1, 0.15) is 101 Å². The van der Waals surface area contributed by atoms with E-state index in [4.69, 9.17) is 0 Å². The van der Waals surface area contributed by atoms with Crippen molar-refractivity contribution < 1.29 is 5.11 Å². The zero-order valence-electron chi connectivity index (χ0n) is 15.8. The molecule has 0 aliphatic carbocycles. The third-order valence-electron chi connectivity index (χ3n) is 4.82. The van der Waals surface area contributed by atoms with Crippen LogP contribution in [0.4, 0.5) is 0 Å². The molecule has 0 unspecified atom stereocenters. The first kappa shape index (κ1) is 20.1. The predicted molar refractivity (Wildman–Crippen MR) is 102 cm³/mol. The topological polar surface area (TPSA) is 20.2 Å². The highest BCUT2D eigenvalue weighted by molar-refractivity contribution is 5.42. The highest BCUT2D eigenvalue weighted by Gasteiger charge is 2.05. The summed E-state index contributed by atoms with van der Waals surface area (Å²) in [5.74, 6) is 0.513. The van der Waals surface area contributed by atoms with Crippen molar-refractivity contribution in [1.29, 1.82) is 0 Å². The van der Waals surface area contributed by atoms with Crippen LogP contribution in [0.25, 0.3) is 0 Å². The molecule has 23 heavy (non-hydrogen) atoms. The van der Waals surface area contributed by atoms with Crippen molar-refractivity contribution in [3.63, 3.8) is 0 Å². The standard InChI is InChI=1S/C22H38O/c1-4-5-6-7-8-9-10-11-12-13-14-15-16-21-18-19(2)17-20(3)22(21)23/h17-18,23H,4-16H2,1-3H3. The number of phenols is 1. The Morgan fingerprint density at radius 1 is 0.696 bits per heavy atom. The van der Waals surface area contributed by atoms with Gasteiger partial charge in [0, 0.05) is 0 Å². The Kier molecular flexibility index (Phi) is 10.9. The first-order valence-corrected chi connectivity index (χ1v) is 9.94. The van der Waals surface area contributed by atoms with Crippen molar-refractivity contribution in [2.75, 3.05) is 0 Å². The van der Waals surface area contributed by atoms with E-state index in [0.29, 0.717) is 5.75 Å². The number of phenolic OH excluding ortho intramolecular Hbond substituents is 1. The van der Waals surface area contributed by atoms with Gasteiger partial charge in [0.15, 0.2) is 0 Å². The van der Waals surface area contributed by atoms with Crippen LogP contribution in [0, 0.1) is 13.8 Å². The molecule has 1 nitrogen and oxygen atoms in total. The largest absolute Gasteiger partial charge is 0.507 e. The van der Waals surface area contributed by atoms with E-state index in [0.717, 1.165) is 17.5 Å². The molecule has 0 spiro atoms. The molecule has 0 aliphatic heterocycles. The second-order valence-electron chi connectivity index (χ2n) is 7.23. The molecule has 1 heteroatoms. The summed E-state index contributed by atoms with van der Waals surface area (Å²) in [5, 5.41) is 10.1. The number of aromatic hydroxyl groups is 1. The van der Waals surface area contributed by atoms with Crippen LogP contribution < -0.4 is 0 Å². The summed E-state index contributed by atoms with van der Waals surface area (Å²) in [6.07, 6.45) is 17.6. The Hall–Kier alpha value is -0.980. The Bertz CT molecular complexity index is 422. The minimum atomic E-state index is 0.513. The van der Waals surface area contributed by atoms with Crippen molar-refractivity contribution >= 4 is 0 Å². The van der Waals surface area contributed by atoms with Crippen molar-refractivity contribution in [1.82, 2.24) is 0 Å². The minimum Gasteiger partial charge on any atom is -0.507 e. The quantitative estimate of drug-likeness (QED) is 0.380. The zero-order chi connectivity index (χ0) is 16.9. The number of aryl methyl sites for hydroxylation is 3. The molecule has 0 heterocycles. The van der Waals surface area contributed by atoms with Crippen LogP contribution in [0.15, 0.2) is 12.1 Å². The van der Waals surface area contributed by atoms with Crippen molar-refractivity contribution in [3.05, 3.63) is 28.8 Å². The molecule has 0 saturated carbocycles. The first-order chi connectivity index (χ1) is 11.1. The fourth-order valence-electron chi connectivity index (χ4n) is 3.39. The molecule has 0 atom stereocenters. The van der Waals surface area contributed by atoms with Gasteiger partial charge in [-0.1, -0.05) is 95.2 Å². The van der Waals surface area contributed by atoms with E-state index < -0.39 is 0 Å². The summed E-state index contributed by atoms with van der Waals surface area (Å²) < 4.78 is 0. The molecule has 0 aromatic heterocycles. The molecule has 0 bridgehead atoms. The molecule has 0 aliphatic rings. The lowest BCUT2D eigenvalue weighted by Crippen LogP contribution is -1.91. The molecule has 0 amide bonds. The smallest absolute Gasteiger partial charge is 0.121 e. The summed E-state index contributed by atoms with van der Waals surface area (Å²) >= 11 is 0. The first-order valence-electron chi connectivity index (χ1n) is 9.94. The summed E-state index contributed by atoms with van der Waals surface area (Å²) in [4.78, 5) is 0. The van der Waals surface area contributed by atoms with Gasteiger partial charge in [0.25, 0.3) is 0 Å². The number of unbranched alkanes of at least 4 members (excludes halogenated alkanes) is 11. The van der Waals surface area contributed by atoms with Gasteiger partial charge in [-0.05, 0) is 37.8 Å². The van der Waals surface area contributed by atoms with E-state index in [1.165, 1.54) is 82.6 Å². The minimum absolute atomic E-state index is 0.513. The molecular weight excluding hydrogens is 280 g/mol. The Morgan fingerprint density at radius 3 is 1.70 bits per heavy atom. The lowest BCUT2D eigenvalue weighted by atomic mass is 9.99. The molecule has 132 valence electrons. The normalized spacial score (nSPS) is 11.1. The maximum atomic E-state index is 10.1. The van der Waals surface area contributed by atoms with E-state index in [-0.39, 0.29) is 0 Å². The van der Waals surface area contributed by atoms with Crippen LogP contribution in [0.3, 0.4) is 0 Å². The molecule has 1 aromatic rings. The summed E-state index contributed by atoms with van der Waals surface area (Å²) in [7, 11) is 0. The van der Waals surface area contributed by atoms with E-state index >= 15 is 0 Å². The SMILES string of the molecule is CCCCCCCCCCCCCCc1cc(C)cc(C)c1O. The van der Waals surface area contributed by atoms with E-state index in [9.17, 15) is 5.11 Å². The average molecular weight is 319 g/mol. The zero-order valence-corrected chi connectivity index (χ0v) is 15.8. The summed E-state index contributed by atoms with van der Waals surface area (Å²) in [6.45, 7) is 6.38. The van der Waals surface area contributed by atoms with Gasteiger partial charge < -0.3 is 5.11 Å². The van der Waals surface area contributed by atoms with E-state index in [1.807, 2.05) is 6.92 Å². The molecule has 0 fully saturated rings. The third-order valence-corrected chi connectivity index (χ3v) is 4.82. The Balaban J connectivity index is 1.98. The third kappa shape index (κ3) is 9.03. The van der Waals surface area contributed by atoms with Crippen LogP contribution >= 0.6 is 0 Å². The number of hydrogen-bond donors (Lipinski definition) is 1. The van der Waals surface area contributed by atoms with Gasteiger partial charge in [0.05, 0.1) is 0 Å². The van der Waals surface area contributed by atoms with Gasteiger partial charge in [-0.25, -0.2) is 0 Å².